The second-order valence-electron chi connectivity index (χ2n) is 4.30. The van der Waals surface area contributed by atoms with Gasteiger partial charge in [0.25, 0.3) is 0 Å². The summed E-state index contributed by atoms with van der Waals surface area (Å²) < 4.78 is 38.8. The summed E-state index contributed by atoms with van der Waals surface area (Å²) in [5.74, 6) is -2.13. The smallest absolute Gasteiger partial charge is 0.187 e. The van der Waals surface area contributed by atoms with Crippen LogP contribution < -0.4 is 5.32 Å². The number of nitrogens with one attached hydrogen (secondary N) is 1. The second-order valence-corrected chi connectivity index (χ2v) is 5.16. The van der Waals surface area contributed by atoms with Crippen molar-refractivity contribution in [1.82, 2.24) is 4.98 Å². The molecule has 0 saturated carbocycles. The summed E-state index contributed by atoms with van der Waals surface area (Å²) >= 11 is 1.32. The first-order valence-electron chi connectivity index (χ1n) is 6.05. The number of aromatic nitrogens is 1. The van der Waals surface area contributed by atoms with Gasteiger partial charge < -0.3 is 5.32 Å². The zero-order valence-corrected chi connectivity index (χ0v) is 11.4. The third-order valence-electron chi connectivity index (χ3n) is 2.82. The van der Waals surface area contributed by atoms with Crippen molar-refractivity contribution in [3.63, 3.8) is 0 Å². The summed E-state index contributed by atoms with van der Waals surface area (Å²) in [4.78, 5) is 4.33. The minimum atomic E-state index is -0.921. The molecule has 0 bridgehead atoms. The number of thiazole rings is 1. The Kier molecular flexibility index (Phi) is 3.62. The van der Waals surface area contributed by atoms with Gasteiger partial charge in [0.15, 0.2) is 16.8 Å². The van der Waals surface area contributed by atoms with Gasteiger partial charge in [0, 0.05) is 22.7 Å². The molecule has 0 saturated heterocycles. The minimum Gasteiger partial charge on any atom is -0.331 e. The largest absolute Gasteiger partial charge is 0.331 e. The Morgan fingerprint density at radius 1 is 0.905 bits per heavy atom. The highest BCUT2D eigenvalue weighted by atomic mass is 32.1. The molecule has 0 amide bonds. The monoisotopic (exact) mass is 306 g/mol. The molecule has 0 fully saturated rings. The third-order valence-corrected chi connectivity index (χ3v) is 3.57. The lowest BCUT2D eigenvalue weighted by Gasteiger charge is -2.02. The van der Waals surface area contributed by atoms with E-state index in [0.717, 1.165) is 17.7 Å². The Hall–Kier alpha value is -2.34. The third kappa shape index (κ3) is 3.05. The second kappa shape index (κ2) is 5.57. The van der Waals surface area contributed by atoms with Gasteiger partial charge in [-0.3, -0.25) is 0 Å². The molecule has 2 aromatic carbocycles. The SMILES string of the molecule is Fc1ccc(-c2csc(Nc3ccc(F)c(F)c3)n2)cc1. The standard InChI is InChI=1S/C15H9F3N2S/c16-10-3-1-9(2-4-10)14-8-21-15(20-14)19-11-5-6-12(17)13(18)7-11/h1-8H,(H,19,20). The Morgan fingerprint density at radius 2 is 1.67 bits per heavy atom. The Balaban J connectivity index is 1.81. The van der Waals surface area contributed by atoms with Crippen LogP contribution in [0, 0.1) is 17.5 Å². The summed E-state index contributed by atoms with van der Waals surface area (Å²) in [6.45, 7) is 0. The molecule has 1 aromatic heterocycles. The summed E-state index contributed by atoms with van der Waals surface area (Å²) in [6.07, 6.45) is 0. The lowest BCUT2D eigenvalue weighted by Crippen LogP contribution is -1.92. The van der Waals surface area contributed by atoms with E-state index in [4.69, 9.17) is 0 Å². The molecule has 1 N–H and O–H groups in total. The zero-order valence-electron chi connectivity index (χ0n) is 10.6. The molecule has 0 aliphatic carbocycles. The van der Waals surface area contributed by atoms with Crippen molar-refractivity contribution in [3.05, 3.63) is 65.3 Å². The van der Waals surface area contributed by atoms with Gasteiger partial charge >= 0.3 is 0 Å². The van der Waals surface area contributed by atoms with Gasteiger partial charge in [-0.15, -0.1) is 11.3 Å². The van der Waals surface area contributed by atoms with Gasteiger partial charge in [0.1, 0.15) is 5.82 Å². The average molecular weight is 306 g/mol. The summed E-state index contributed by atoms with van der Waals surface area (Å²) in [6, 6.07) is 9.52. The maximum absolute atomic E-state index is 13.1. The first kappa shape index (κ1) is 13.6. The maximum Gasteiger partial charge on any atom is 0.187 e. The molecular formula is C15H9F3N2S. The molecular weight excluding hydrogens is 297 g/mol. The lowest BCUT2D eigenvalue weighted by atomic mass is 10.2. The van der Waals surface area contributed by atoms with Crippen LogP contribution in [-0.2, 0) is 0 Å². The molecule has 0 unspecified atom stereocenters. The fourth-order valence-corrected chi connectivity index (χ4v) is 2.52. The van der Waals surface area contributed by atoms with Crippen LogP contribution in [0.5, 0.6) is 0 Å². The first-order valence-corrected chi connectivity index (χ1v) is 6.93. The number of hydrogen-bond acceptors (Lipinski definition) is 3. The minimum absolute atomic E-state index is 0.311. The number of nitrogens with zero attached hydrogens (tertiary/aromatic N) is 1. The predicted molar refractivity (Wildman–Crippen MR) is 77.1 cm³/mol. The van der Waals surface area contributed by atoms with Crippen molar-refractivity contribution in [2.75, 3.05) is 5.32 Å². The molecule has 3 aromatic rings. The van der Waals surface area contributed by atoms with E-state index >= 15 is 0 Å². The van der Waals surface area contributed by atoms with Gasteiger partial charge in [-0.1, -0.05) is 0 Å². The van der Waals surface area contributed by atoms with E-state index in [1.165, 1.54) is 29.5 Å². The van der Waals surface area contributed by atoms with E-state index in [2.05, 4.69) is 10.3 Å². The first-order chi connectivity index (χ1) is 10.1. The molecule has 106 valence electrons. The number of anilines is 2. The van der Waals surface area contributed by atoms with Gasteiger partial charge in [0.05, 0.1) is 5.69 Å². The Labute approximate surface area is 122 Å². The average Bonchev–Trinajstić information content (AvgIpc) is 2.92. The topological polar surface area (TPSA) is 24.9 Å². The van der Waals surface area contributed by atoms with Crippen molar-refractivity contribution in [3.8, 4) is 11.3 Å². The molecule has 0 spiro atoms. The van der Waals surface area contributed by atoms with E-state index in [1.54, 1.807) is 17.5 Å². The quantitative estimate of drug-likeness (QED) is 0.739. The van der Waals surface area contributed by atoms with E-state index in [-0.39, 0.29) is 5.82 Å². The van der Waals surface area contributed by atoms with E-state index in [0.29, 0.717) is 16.5 Å². The number of rotatable bonds is 3. The highest BCUT2D eigenvalue weighted by Gasteiger charge is 2.07. The molecule has 0 radical (unpaired) electrons. The normalized spacial score (nSPS) is 10.6. The highest BCUT2D eigenvalue weighted by molar-refractivity contribution is 7.14. The maximum atomic E-state index is 13.1. The van der Waals surface area contributed by atoms with Crippen LogP contribution in [0.4, 0.5) is 24.0 Å². The van der Waals surface area contributed by atoms with E-state index < -0.39 is 11.6 Å². The molecule has 6 heteroatoms. The van der Waals surface area contributed by atoms with Gasteiger partial charge in [0.2, 0.25) is 0 Å². The van der Waals surface area contributed by atoms with Crippen LogP contribution >= 0.6 is 11.3 Å². The predicted octanol–water partition coefficient (Wildman–Crippen LogP) is 4.97. The van der Waals surface area contributed by atoms with E-state index in [9.17, 15) is 13.2 Å². The van der Waals surface area contributed by atoms with Gasteiger partial charge in [-0.2, -0.15) is 0 Å². The fraction of sp³-hybridized carbons (Fsp3) is 0. The molecule has 0 aliphatic heterocycles. The van der Waals surface area contributed by atoms with Crippen molar-refractivity contribution in [2.45, 2.75) is 0 Å². The molecule has 0 aliphatic rings. The molecule has 0 atom stereocenters. The van der Waals surface area contributed by atoms with Gasteiger partial charge in [-0.25, -0.2) is 18.2 Å². The van der Waals surface area contributed by atoms with Crippen molar-refractivity contribution in [2.24, 2.45) is 0 Å². The lowest BCUT2D eigenvalue weighted by molar-refractivity contribution is 0.509. The Bertz CT molecular complexity index is 769. The van der Waals surface area contributed by atoms with Crippen LogP contribution in [0.2, 0.25) is 0 Å². The Morgan fingerprint density at radius 3 is 2.38 bits per heavy atom. The van der Waals surface area contributed by atoms with Gasteiger partial charge in [-0.05, 0) is 36.4 Å². The van der Waals surface area contributed by atoms with Crippen LogP contribution in [0.15, 0.2) is 47.8 Å². The number of halogens is 3. The number of benzene rings is 2. The van der Waals surface area contributed by atoms with Crippen LogP contribution in [0.1, 0.15) is 0 Å². The zero-order chi connectivity index (χ0) is 14.8. The molecule has 2 nitrogen and oxygen atoms in total. The van der Waals surface area contributed by atoms with Crippen LogP contribution in [0.25, 0.3) is 11.3 Å². The van der Waals surface area contributed by atoms with E-state index in [1.807, 2.05) is 0 Å². The number of hydrogen-bond donors (Lipinski definition) is 1. The summed E-state index contributed by atoms with van der Waals surface area (Å²) in [7, 11) is 0. The van der Waals surface area contributed by atoms with Crippen LogP contribution in [-0.4, -0.2) is 4.98 Å². The molecule has 1 heterocycles. The summed E-state index contributed by atoms with van der Waals surface area (Å²) in [5.41, 5.74) is 1.88. The van der Waals surface area contributed by atoms with Crippen molar-refractivity contribution >= 4 is 22.2 Å². The van der Waals surface area contributed by atoms with Crippen molar-refractivity contribution in [1.29, 1.82) is 0 Å². The highest BCUT2D eigenvalue weighted by Crippen LogP contribution is 2.27. The van der Waals surface area contributed by atoms with Crippen molar-refractivity contribution < 1.29 is 13.2 Å². The molecule has 21 heavy (non-hydrogen) atoms. The fourth-order valence-electron chi connectivity index (χ4n) is 1.78. The molecule has 3 rings (SSSR count). The summed E-state index contributed by atoms with van der Waals surface area (Å²) in [5, 5.41) is 5.24. The van der Waals surface area contributed by atoms with Crippen LogP contribution in [0.3, 0.4) is 0 Å².